The Morgan fingerprint density at radius 2 is 1.60 bits per heavy atom. The van der Waals surface area contributed by atoms with Crippen molar-refractivity contribution >= 4 is 5.69 Å². The maximum Gasteiger partial charge on any atom is 0.0485 e. The van der Waals surface area contributed by atoms with Crippen molar-refractivity contribution in [2.24, 2.45) is 0 Å². The molecule has 2 aromatic rings. The Labute approximate surface area is 123 Å². The quantitative estimate of drug-likeness (QED) is 0.749. The van der Waals surface area contributed by atoms with E-state index in [0.717, 1.165) is 6.42 Å². The molecular weight excluding hydrogens is 242 g/mol. The van der Waals surface area contributed by atoms with E-state index in [2.05, 4.69) is 81.5 Å². The molecular formula is C19H25N. The lowest BCUT2D eigenvalue weighted by atomic mass is 10.0. The number of benzene rings is 2. The number of hydrogen-bond donors (Lipinski definition) is 1. The van der Waals surface area contributed by atoms with Gasteiger partial charge in [-0.25, -0.2) is 0 Å². The van der Waals surface area contributed by atoms with Gasteiger partial charge in [0.05, 0.1) is 0 Å². The molecule has 20 heavy (non-hydrogen) atoms. The summed E-state index contributed by atoms with van der Waals surface area (Å²) < 4.78 is 0. The van der Waals surface area contributed by atoms with Crippen molar-refractivity contribution in [2.75, 3.05) is 5.32 Å². The molecule has 1 unspecified atom stereocenters. The molecule has 0 fully saturated rings. The molecule has 2 rings (SSSR count). The second-order valence-electron chi connectivity index (χ2n) is 5.74. The minimum Gasteiger partial charge on any atom is -0.379 e. The van der Waals surface area contributed by atoms with Crippen LogP contribution in [0.4, 0.5) is 5.69 Å². The Kier molecular flexibility index (Phi) is 4.84. The minimum atomic E-state index is 0.323. The van der Waals surface area contributed by atoms with Crippen molar-refractivity contribution in [3.8, 4) is 0 Å². The first-order chi connectivity index (χ1) is 9.60. The van der Waals surface area contributed by atoms with Crippen LogP contribution in [0.3, 0.4) is 0 Å². The molecule has 0 bridgehead atoms. The highest BCUT2D eigenvalue weighted by molar-refractivity contribution is 5.48. The fourth-order valence-electron chi connectivity index (χ4n) is 2.36. The lowest BCUT2D eigenvalue weighted by Crippen LogP contribution is -2.07. The van der Waals surface area contributed by atoms with Crippen LogP contribution in [0.1, 0.15) is 56.3 Å². The van der Waals surface area contributed by atoms with Crippen LogP contribution in [0.2, 0.25) is 0 Å². The Hall–Kier alpha value is -1.76. The predicted octanol–water partition coefficient (Wildman–Crippen LogP) is 5.55. The Morgan fingerprint density at radius 1 is 0.900 bits per heavy atom. The number of aryl methyl sites for hydroxylation is 1. The fraction of sp³-hybridized carbons (Fsp3) is 0.368. The summed E-state index contributed by atoms with van der Waals surface area (Å²) in [5, 5.41) is 3.59. The second kappa shape index (κ2) is 6.60. The third-order valence-corrected chi connectivity index (χ3v) is 3.82. The molecule has 1 heteroatoms. The zero-order valence-corrected chi connectivity index (χ0v) is 13.0. The van der Waals surface area contributed by atoms with Gasteiger partial charge in [0.25, 0.3) is 0 Å². The highest BCUT2D eigenvalue weighted by atomic mass is 14.9. The molecule has 0 aliphatic rings. The van der Waals surface area contributed by atoms with Crippen molar-refractivity contribution in [1.29, 1.82) is 0 Å². The molecule has 1 atom stereocenters. The van der Waals surface area contributed by atoms with Gasteiger partial charge in [0.1, 0.15) is 0 Å². The Bertz CT molecular complexity index is 540. The highest BCUT2D eigenvalue weighted by Gasteiger charge is 2.06. The van der Waals surface area contributed by atoms with Crippen LogP contribution in [0.15, 0.2) is 48.5 Å². The summed E-state index contributed by atoms with van der Waals surface area (Å²) in [5.41, 5.74) is 5.30. The van der Waals surface area contributed by atoms with E-state index in [4.69, 9.17) is 0 Å². The van der Waals surface area contributed by atoms with E-state index in [0.29, 0.717) is 12.0 Å². The van der Waals surface area contributed by atoms with Gasteiger partial charge in [-0.1, -0.05) is 57.2 Å². The third kappa shape index (κ3) is 3.63. The van der Waals surface area contributed by atoms with E-state index >= 15 is 0 Å². The molecule has 0 heterocycles. The van der Waals surface area contributed by atoms with Crippen LogP contribution >= 0.6 is 0 Å². The predicted molar refractivity (Wildman–Crippen MR) is 88.4 cm³/mol. The zero-order chi connectivity index (χ0) is 14.5. The van der Waals surface area contributed by atoms with Crippen LogP contribution in [-0.2, 0) is 6.42 Å². The lowest BCUT2D eigenvalue weighted by molar-refractivity contribution is 0.858. The van der Waals surface area contributed by atoms with Crippen molar-refractivity contribution in [3.05, 3.63) is 65.2 Å². The standard InChI is InChI=1S/C19H25N/c1-5-16-9-11-17(12-10-16)15(4)20-19-8-6-7-18(13-19)14(2)3/h6-15,20H,5H2,1-4H3. The van der Waals surface area contributed by atoms with Crippen molar-refractivity contribution in [1.82, 2.24) is 0 Å². The van der Waals surface area contributed by atoms with E-state index in [1.54, 1.807) is 0 Å². The van der Waals surface area contributed by atoms with Gasteiger partial charge < -0.3 is 5.32 Å². The molecule has 1 nitrogen and oxygen atoms in total. The first kappa shape index (κ1) is 14.6. The van der Waals surface area contributed by atoms with Gasteiger partial charge in [0.15, 0.2) is 0 Å². The molecule has 0 saturated carbocycles. The Balaban J connectivity index is 2.10. The van der Waals surface area contributed by atoms with Gasteiger partial charge in [0.2, 0.25) is 0 Å². The molecule has 0 radical (unpaired) electrons. The lowest BCUT2D eigenvalue weighted by Gasteiger charge is -2.17. The molecule has 0 spiro atoms. The first-order valence-corrected chi connectivity index (χ1v) is 7.55. The van der Waals surface area contributed by atoms with E-state index in [9.17, 15) is 0 Å². The van der Waals surface area contributed by atoms with Crippen molar-refractivity contribution < 1.29 is 0 Å². The van der Waals surface area contributed by atoms with E-state index < -0.39 is 0 Å². The summed E-state index contributed by atoms with van der Waals surface area (Å²) in [7, 11) is 0. The van der Waals surface area contributed by atoms with Crippen LogP contribution in [0.25, 0.3) is 0 Å². The molecule has 0 saturated heterocycles. The molecule has 0 aromatic heterocycles. The summed E-state index contributed by atoms with van der Waals surface area (Å²) in [6, 6.07) is 17.9. The van der Waals surface area contributed by atoms with E-state index in [1.165, 1.54) is 22.4 Å². The fourth-order valence-corrected chi connectivity index (χ4v) is 2.36. The summed E-state index contributed by atoms with van der Waals surface area (Å²) in [5.74, 6) is 0.566. The monoisotopic (exact) mass is 267 g/mol. The number of nitrogens with one attached hydrogen (secondary N) is 1. The normalized spacial score (nSPS) is 12.4. The summed E-state index contributed by atoms with van der Waals surface area (Å²) in [4.78, 5) is 0. The summed E-state index contributed by atoms with van der Waals surface area (Å²) in [6.45, 7) is 8.86. The molecule has 2 aromatic carbocycles. The van der Waals surface area contributed by atoms with Crippen LogP contribution in [-0.4, -0.2) is 0 Å². The van der Waals surface area contributed by atoms with Gasteiger partial charge in [-0.2, -0.15) is 0 Å². The maximum absolute atomic E-state index is 3.59. The molecule has 0 aliphatic heterocycles. The SMILES string of the molecule is CCc1ccc(C(C)Nc2cccc(C(C)C)c2)cc1. The molecule has 0 aliphatic carbocycles. The number of hydrogen-bond acceptors (Lipinski definition) is 1. The van der Waals surface area contributed by atoms with Gasteiger partial charge in [0, 0.05) is 11.7 Å². The highest BCUT2D eigenvalue weighted by Crippen LogP contribution is 2.23. The van der Waals surface area contributed by atoms with Crippen molar-refractivity contribution in [2.45, 2.75) is 46.1 Å². The second-order valence-corrected chi connectivity index (χ2v) is 5.74. The van der Waals surface area contributed by atoms with Gasteiger partial charge in [-0.05, 0) is 48.1 Å². The van der Waals surface area contributed by atoms with Gasteiger partial charge in [-0.15, -0.1) is 0 Å². The summed E-state index contributed by atoms with van der Waals surface area (Å²) >= 11 is 0. The first-order valence-electron chi connectivity index (χ1n) is 7.55. The zero-order valence-electron chi connectivity index (χ0n) is 13.0. The molecule has 0 amide bonds. The van der Waals surface area contributed by atoms with Crippen LogP contribution < -0.4 is 5.32 Å². The Morgan fingerprint density at radius 3 is 2.20 bits per heavy atom. The van der Waals surface area contributed by atoms with Crippen LogP contribution in [0, 0.1) is 0 Å². The topological polar surface area (TPSA) is 12.0 Å². The minimum absolute atomic E-state index is 0.323. The largest absolute Gasteiger partial charge is 0.379 e. The number of rotatable bonds is 5. The molecule has 106 valence electrons. The number of anilines is 1. The van der Waals surface area contributed by atoms with Gasteiger partial charge in [-0.3, -0.25) is 0 Å². The van der Waals surface area contributed by atoms with Gasteiger partial charge >= 0.3 is 0 Å². The average Bonchev–Trinajstić information content (AvgIpc) is 2.47. The smallest absolute Gasteiger partial charge is 0.0485 e. The third-order valence-electron chi connectivity index (χ3n) is 3.82. The molecule has 1 N–H and O–H groups in total. The van der Waals surface area contributed by atoms with E-state index in [1.807, 2.05) is 0 Å². The van der Waals surface area contributed by atoms with E-state index in [-0.39, 0.29) is 0 Å². The van der Waals surface area contributed by atoms with Crippen LogP contribution in [0.5, 0.6) is 0 Å². The average molecular weight is 267 g/mol. The summed E-state index contributed by atoms with van der Waals surface area (Å²) in [6.07, 6.45) is 1.10. The maximum atomic E-state index is 3.59. The van der Waals surface area contributed by atoms with Crippen molar-refractivity contribution in [3.63, 3.8) is 0 Å².